The summed E-state index contributed by atoms with van der Waals surface area (Å²) in [5, 5.41) is 22.8. The molecule has 4 rings (SSSR count). The topological polar surface area (TPSA) is 104 Å². The van der Waals surface area contributed by atoms with E-state index >= 15 is 0 Å². The summed E-state index contributed by atoms with van der Waals surface area (Å²) >= 11 is 0. The third kappa shape index (κ3) is 5.57. The van der Waals surface area contributed by atoms with Crippen molar-refractivity contribution < 1.29 is 28.2 Å². The number of pyridine rings is 1. The van der Waals surface area contributed by atoms with Gasteiger partial charge in [0.1, 0.15) is 17.2 Å². The maximum absolute atomic E-state index is 13.1. The van der Waals surface area contributed by atoms with Crippen LogP contribution in [-0.2, 0) is 19.6 Å². The quantitative estimate of drug-likeness (QED) is 0.488. The fraction of sp³-hybridized carbons (Fsp3) is 0.458. The number of carbonyl (C=O) groups is 1. The van der Waals surface area contributed by atoms with Crippen molar-refractivity contribution in [3.05, 3.63) is 47.5 Å². The Balaban J connectivity index is 1.72. The molecule has 0 aliphatic carbocycles. The van der Waals surface area contributed by atoms with Gasteiger partial charge in [-0.2, -0.15) is 13.2 Å². The van der Waals surface area contributed by atoms with E-state index in [1.54, 1.807) is 26.0 Å². The minimum absolute atomic E-state index is 0.356. The molecule has 3 aromatic rings. The third-order valence-electron chi connectivity index (χ3n) is 6.08. The molecule has 2 aromatic heterocycles. The molecule has 1 saturated heterocycles. The smallest absolute Gasteiger partial charge is 0.391 e. The van der Waals surface area contributed by atoms with Crippen LogP contribution in [0.5, 0.6) is 0 Å². The van der Waals surface area contributed by atoms with Gasteiger partial charge in [-0.05, 0) is 51.0 Å². The number of nitrogens with zero attached hydrogens (tertiary/aromatic N) is 4. The summed E-state index contributed by atoms with van der Waals surface area (Å²) < 4.78 is 41.1. The molecule has 188 valence electrons. The summed E-state index contributed by atoms with van der Waals surface area (Å²) in [6.45, 7) is 4.36. The Morgan fingerprint density at radius 3 is 2.60 bits per heavy atom. The first-order valence-electron chi connectivity index (χ1n) is 11.3. The number of imidazole rings is 1. The molecular formula is C24H28F3N5O3. The highest BCUT2D eigenvalue weighted by Crippen LogP contribution is 2.34. The van der Waals surface area contributed by atoms with Crippen molar-refractivity contribution in [3.8, 4) is 0 Å². The first kappa shape index (κ1) is 24.9. The van der Waals surface area contributed by atoms with Gasteiger partial charge in [0.05, 0.1) is 34.1 Å². The van der Waals surface area contributed by atoms with Gasteiger partial charge in [0.25, 0.3) is 5.91 Å². The first-order valence-corrected chi connectivity index (χ1v) is 11.3. The molecule has 0 unspecified atom stereocenters. The maximum Gasteiger partial charge on any atom is 0.433 e. The van der Waals surface area contributed by atoms with Crippen LogP contribution in [0, 0.1) is 0 Å². The van der Waals surface area contributed by atoms with E-state index in [1.165, 1.54) is 6.07 Å². The Labute approximate surface area is 200 Å². The number of aryl methyl sites for hydroxylation is 2. The normalized spacial score (nSPS) is 16.8. The number of anilines is 2. The average Bonchev–Trinajstić information content (AvgIpc) is 3.34. The maximum atomic E-state index is 13.1. The van der Waals surface area contributed by atoms with E-state index in [4.69, 9.17) is 4.98 Å². The van der Waals surface area contributed by atoms with E-state index in [2.05, 4.69) is 10.3 Å². The lowest BCUT2D eigenvalue weighted by atomic mass is 10.0. The van der Waals surface area contributed by atoms with Gasteiger partial charge >= 0.3 is 6.18 Å². The van der Waals surface area contributed by atoms with Crippen LogP contribution in [0.2, 0.25) is 0 Å². The zero-order valence-electron chi connectivity index (χ0n) is 19.7. The molecule has 0 saturated carbocycles. The number of hydrogen-bond acceptors (Lipinski definition) is 6. The number of aromatic nitrogens is 3. The molecule has 1 atom stereocenters. The van der Waals surface area contributed by atoms with Crippen molar-refractivity contribution in [2.45, 2.75) is 51.0 Å². The van der Waals surface area contributed by atoms with Crippen molar-refractivity contribution in [3.63, 3.8) is 0 Å². The van der Waals surface area contributed by atoms with Crippen molar-refractivity contribution in [1.29, 1.82) is 0 Å². The summed E-state index contributed by atoms with van der Waals surface area (Å²) in [5.41, 5.74) is 0.0204. The van der Waals surface area contributed by atoms with Crippen molar-refractivity contribution in [2.75, 3.05) is 23.3 Å². The molecule has 11 heteroatoms. The highest BCUT2D eigenvalue weighted by molar-refractivity contribution is 6.06. The Bertz CT molecular complexity index is 1250. The fourth-order valence-electron chi connectivity index (χ4n) is 4.15. The van der Waals surface area contributed by atoms with Gasteiger partial charge < -0.3 is 25.0 Å². The molecule has 35 heavy (non-hydrogen) atoms. The fourth-order valence-corrected chi connectivity index (χ4v) is 4.15. The molecule has 1 aliphatic heterocycles. The Hall–Kier alpha value is -3.18. The van der Waals surface area contributed by atoms with Gasteiger partial charge in [0, 0.05) is 26.6 Å². The molecule has 0 bridgehead atoms. The largest absolute Gasteiger partial charge is 0.433 e. The Kier molecular flexibility index (Phi) is 6.50. The van der Waals surface area contributed by atoms with Gasteiger partial charge in [-0.15, -0.1) is 0 Å². The Morgan fingerprint density at radius 2 is 1.97 bits per heavy atom. The van der Waals surface area contributed by atoms with Crippen LogP contribution in [0.1, 0.15) is 48.7 Å². The molecule has 1 fully saturated rings. The SMILES string of the molecule is Cn1c(CCC(C)(C)O)nc2cc(N3CC[C@@H](O)C3)c(NC(=O)c3cccc(C(F)(F)F)n3)cc21. The number of nitrogens with one attached hydrogen (secondary N) is 1. The number of carbonyl (C=O) groups excluding carboxylic acids is 1. The number of hydrogen-bond donors (Lipinski definition) is 3. The van der Waals surface area contributed by atoms with Gasteiger partial charge in [0.15, 0.2) is 0 Å². The summed E-state index contributed by atoms with van der Waals surface area (Å²) in [6, 6.07) is 6.70. The summed E-state index contributed by atoms with van der Waals surface area (Å²) in [5.74, 6) is -0.0292. The van der Waals surface area contributed by atoms with E-state index in [0.717, 1.165) is 18.0 Å². The van der Waals surface area contributed by atoms with Crippen LogP contribution in [0.3, 0.4) is 0 Å². The lowest BCUT2D eigenvalue weighted by Crippen LogP contribution is -2.24. The van der Waals surface area contributed by atoms with E-state index in [1.807, 2.05) is 16.5 Å². The van der Waals surface area contributed by atoms with E-state index in [9.17, 15) is 28.2 Å². The lowest BCUT2D eigenvalue weighted by molar-refractivity contribution is -0.141. The van der Waals surface area contributed by atoms with Crippen LogP contribution in [0.25, 0.3) is 11.0 Å². The Morgan fingerprint density at radius 1 is 1.23 bits per heavy atom. The number of aliphatic hydroxyl groups excluding tert-OH is 1. The molecule has 1 aromatic carbocycles. The van der Waals surface area contributed by atoms with Crippen molar-refractivity contribution in [1.82, 2.24) is 14.5 Å². The lowest BCUT2D eigenvalue weighted by Gasteiger charge is -2.22. The molecule has 1 amide bonds. The number of amides is 1. The highest BCUT2D eigenvalue weighted by atomic mass is 19.4. The monoisotopic (exact) mass is 491 g/mol. The van der Waals surface area contributed by atoms with Gasteiger partial charge in [0.2, 0.25) is 0 Å². The van der Waals surface area contributed by atoms with E-state index < -0.39 is 29.5 Å². The van der Waals surface area contributed by atoms with Crippen LogP contribution in [0.4, 0.5) is 24.5 Å². The standard InChI is InChI=1S/C24H28F3N5O3/c1-23(2,35)9-7-21-29-16-12-19(32-10-8-14(33)13-32)17(11-18(16)31(21)3)30-22(34)15-5-4-6-20(28-15)24(25,26)27/h4-6,11-12,14,33,35H,7-10,13H2,1-3H3,(H,30,34)/t14-/m1/s1. The summed E-state index contributed by atoms with van der Waals surface area (Å²) in [4.78, 5) is 23.0. The summed E-state index contributed by atoms with van der Waals surface area (Å²) in [6.07, 6.45) is -3.60. The number of fused-ring (bicyclic) bond motifs is 1. The van der Waals surface area contributed by atoms with Gasteiger partial charge in [-0.1, -0.05) is 6.07 Å². The van der Waals surface area contributed by atoms with Crippen molar-refractivity contribution >= 4 is 28.3 Å². The van der Waals surface area contributed by atoms with Gasteiger partial charge in [-0.25, -0.2) is 9.97 Å². The predicted molar refractivity (Wildman–Crippen MR) is 125 cm³/mol. The molecule has 3 N–H and O–H groups in total. The molecule has 0 radical (unpaired) electrons. The van der Waals surface area contributed by atoms with E-state index in [-0.39, 0.29) is 5.69 Å². The van der Waals surface area contributed by atoms with Crippen molar-refractivity contribution in [2.24, 2.45) is 7.05 Å². The van der Waals surface area contributed by atoms with Crippen LogP contribution >= 0.6 is 0 Å². The number of β-amino-alcohol motifs (C(OH)–C–C–N with tert-alkyl or cyclic N) is 1. The second-order valence-electron chi connectivity index (χ2n) is 9.51. The predicted octanol–water partition coefficient (Wildman–Crippen LogP) is 3.51. The number of alkyl halides is 3. The number of benzene rings is 1. The number of halogens is 3. The minimum atomic E-state index is -4.67. The zero-order valence-corrected chi connectivity index (χ0v) is 19.7. The molecule has 1 aliphatic rings. The van der Waals surface area contributed by atoms with Crippen LogP contribution in [-0.4, -0.2) is 55.4 Å². The summed E-state index contributed by atoms with van der Waals surface area (Å²) in [7, 11) is 1.83. The molecule has 0 spiro atoms. The first-order chi connectivity index (χ1) is 16.3. The average molecular weight is 492 g/mol. The number of rotatable bonds is 6. The third-order valence-corrected chi connectivity index (χ3v) is 6.08. The number of aliphatic hydroxyl groups is 2. The van der Waals surface area contributed by atoms with Crippen LogP contribution < -0.4 is 10.2 Å². The second kappa shape index (κ2) is 9.12. The molecular weight excluding hydrogens is 463 g/mol. The van der Waals surface area contributed by atoms with E-state index in [0.29, 0.717) is 54.8 Å². The second-order valence-corrected chi connectivity index (χ2v) is 9.51. The molecule has 8 nitrogen and oxygen atoms in total. The minimum Gasteiger partial charge on any atom is -0.391 e. The molecule has 3 heterocycles. The van der Waals surface area contributed by atoms with Crippen LogP contribution in [0.15, 0.2) is 30.3 Å². The highest BCUT2D eigenvalue weighted by Gasteiger charge is 2.33. The zero-order chi connectivity index (χ0) is 25.5. The van der Waals surface area contributed by atoms with Gasteiger partial charge in [-0.3, -0.25) is 4.79 Å².